The number of aliphatic hydroxyl groups excluding tert-OH is 2. The normalized spacial score (nSPS) is 16.5. The highest BCUT2D eigenvalue weighted by atomic mass is 16.4. The van der Waals surface area contributed by atoms with Gasteiger partial charge >= 0.3 is 5.97 Å². The van der Waals surface area contributed by atoms with E-state index >= 15 is 0 Å². The zero-order chi connectivity index (χ0) is 58.9. The molecule has 1 rings (SSSR count). The van der Waals surface area contributed by atoms with Crippen molar-refractivity contribution in [3.8, 4) is 0 Å². The maximum Gasteiger partial charge on any atom is 0.326 e. The number of aliphatic imine (C=N–C) groups is 1. The number of amides is 8. The number of rotatable bonds is 35. The molecule has 24 nitrogen and oxygen atoms in total. The van der Waals surface area contributed by atoms with Crippen molar-refractivity contribution in [2.75, 3.05) is 6.54 Å². The summed E-state index contributed by atoms with van der Waals surface area (Å²) in [6, 6.07) is -2.90. The van der Waals surface area contributed by atoms with Crippen LogP contribution < -0.4 is 59.7 Å². The number of carboxylic acids is 1. The Labute approximate surface area is 454 Å². The van der Waals surface area contributed by atoms with E-state index in [1.807, 2.05) is 58.0 Å². The second-order valence-corrected chi connectivity index (χ2v) is 21.4. The number of hydrogen-bond acceptors (Lipinski definition) is 13. The average molecular weight is 1090 g/mol. The molecule has 0 aliphatic carbocycles. The lowest BCUT2D eigenvalue weighted by Crippen LogP contribution is -2.63. The molecule has 0 saturated carbocycles. The monoisotopic (exact) mass is 1090 g/mol. The molecule has 436 valence electrons. The summed E-state index contributed by atoms with van der Waals surface area (Å²) < 4.78 is 0. The SMILES string of the molecule is CCC(C)C(NC(=O)C(NC(=O)C(CC(C)C)NC(=O)C(NC(=O)C(CCCN=C(N)N)NC(=O)C(NC(=O)C(CC(C)C)NC(=O)C(CC(C)C)NC(=O)C(N)Cc1ccccc1)C(C)O)C(C)CC)C(C)O)C(=O)O. The molecule has 0 spiro atoms. The van der Waals surface area contributed by atoms with Crippen molar-refractivity contribution in [2.45, 2.75) is 201 Å². The van der Waals surface area contributed by atoms with Gasteiger partial charge in [-0.3, -0.25) is 43.3 Å². The molecule has 1 aromatic rings. The molecular weight excluding hydrogens is 997 g/mol. The van der Waals surface area contributed by atoms with Crippen molar-refractivity contribution in [1.29, 1.82) is 0 Å². The quantitative estimate of drug-likeness (QED) is 0.0233. The van der Waals surface area contributed by atoms with Gasteiger partial charge in [0.2, 0.25) is 47.3 Å². The maximum absolute atomic E-state index is 14.3. The van der Waals surface area contributed by atoms with Crippen LogP contribution in [0.5, 0.6) is 0 Å². The highest BCUT2D eigenvalue weighted by Crippen LogP contribution is 2.15. The van der Waals surface area contributed by atoms with Crippen LogP contribution >= 0.6 is 0 Å². The first-order chi connectivity index (χ1) is 35.9. The number of benzene rings is 1. The minimum atomic E-state index is -1.69. The largest absolute Gasteiger partial charge is 0.480 e. The molecule has 0 aromatic heterocycles. The van der Waals surface area contributed by atoms with E-state index in [2.05, 4.69) is 47.5 Å². The molecule has 1 aromatic carbocycles. The van der Waals surface area contributed by atoms with Gasteiger partial charge in [-0.15, -0.1) is 0 Å². The first-order valence-corrected chi connectivity index (χ1v) is 26.8. The number of aliphatic carboxylic acids is 1. The van der Waals surface area contributed by atoms with Gasteiger partial charge in [0.05, 0.1) is 18.2 Å². The first kappa shape index (κ1) is 68.6. The van der Waals surface area contributed by atoms with Gasteiger partial charge in [0.25, 0.3) is 0 Å². The summed E-state index contributed by atoms with van der Waals surface area (Å²) in [7, 11) is 0. The summed E-state index contributed by atoms with van der Waals surface area (Å²) >= 11 is 0. The van der Waals surface area contributed by atoms with E-state index in [1.165, 1.54) is 13.8 Å². The van der Waals surface area contributed by atoms with Crippen molar-refractivity contribution in [1.82, 2.24) is 42.5 Å². The van der Waals surface area contributed by atoms with E-state index in [0.29, 0.717) is 12.8 Å². The summed E-state index contributed by atoms with van der Waals surface area (Å²) in [6.07, 6.45) is -1.76. The van der Waals surface area contributed by atoms with Crippen molar-refractivity contribution in [3.05, 3.63) is 35.9 Å². The third-order valence-electron chi connectivity index (χ3n) is 12.9. The van der Waals surface area contributed by atoms with Crippen LogP contribution in [0.3, 0.4) is 0 Å². The Morgan fingerprint density at radius 3 is 1.26 bits per heavy atom. The van der Waals surface area contributed by atoms with Crippen LogP contribution in [0.4, 0.5) is 0 Å². The molecule has 77 heavy (non-hydrogen) atoms. The summed E-state index contributed by atoms with van der Waals surface area (Å²) in [5.74, 6) is -9.66. The first-order valence-electron chi connectivity index (χ1n) is 26.8. The number of carbonyl (C=O) groups excluding carboxylic acids is 8. The van der Waals surface area contributed by atoms with E-state index in [0.717, 1.165) is 5.56 Å². The number of nitrogens with one attached hydrogen (secondary N) is 8. The molecule has 24 heteroatoms. The zero-order valence-corrected chi connectivity index (χ0v) is 47.2. The molecule has 0 radical (unpaired) electrons. The van der Waals surface area contributed by atoms with Crippen LogP contribution in [0.2, 0.25) is 0 Å². The van der Waals surface area contributed by atoms with Crippen LogP contribution in [0.15, 0.2) is 35.3 Å². The Hall–Kier alpha value is -6.40. The number of nitrogens with zero attached hydrogens (tertiary/aromatic N) is 1. The fourth-order valence-corrected chi connectivity index (χ4v) is 8.12. The van der Waals surface area contributed by atoms with Gasteiger partial charge in [0, 0.05) is 6.54 Å². The van der Waals surface area contributed by atoms with Crippen LogP contribution in [0.25, 0.3) is 0 Å². The Bertz CT molecular complexity index is 2100. The topological polar surface area (TPSA) is 401 Å². The summed E-state index contributed by atoms with van der Waals surface area (Å²) in [5.41, 5.74) is 18.1. The van der Waals surface area contributed by atoms with Gasteiger partial charge in [-0.1, -0.05) is 112 Å². The Balaban J connectivity index is 3.50. The van der Waals surface area contributed by atoms with E-state index in [1.54, 1.807) is 41.5 Å². The van der Waals surface area contributed by atoms with Gasteiger partial charge in [-0.2, -0.15) is 0 Å². The fraction of sp³-hybridized carbons (Fsp3) is 0.698. The average Bonchev–Trinajstić information content (AvgIpc) is 3.34. The van der Waals surface area contributed by atoms with Gasteiger partial charge < -0.3 is 75.1 Å². The standard InChI is InChI=1S/C53H92N12O12/c1-13-30(9)40(49(73)61-39(25-29(7)8)48(72)65-43(33(12)67)51(75)63-41(52(76)77)31(10)14-2)62-45(69)36(21-18-22-57-53(55)56)58-50(74)42(32(11)66)64-47(71)38(24-28(5)6)60-46(70)37(23-27(3)4)59-44(68)35(54)26-34-19-16-15-17-20-34/h15-17,19-20,27-33,35-43,66-67H,13-14,18,21-26,54H2,1-12H3,(H,58,74)(H,59,68)(H,60,70)(H,61,73)(H,62,69)(H,63,75)(H,64,71)(H,65,72)(H,76,77)(H4,55,56,57). The van der Waals surface area contributed by atoms with E-state index < -0.39 is 132 Å². The maximum atomic E-state index is 14.3. The van der Waals surface area contributed by atoms with E-state index in [4.69, 9.17) is 17.2 Å². The lowest BCUT2D eigenvalue weighted by molar-refractivity contribution is -0.144. The van der Waals surface area contributed by atoms with Crippen molar-refractivity contribution in [2.24, 2.45) is 51.8 Å². The minimum Gasteiger partial charge on any atom is -0.480 e. The third-order valence-corrected chi connectivity index (χ3v) is 12.9. The predicted molar refractivity (Wildman–Crippen MR) is 292 cm³/mol. The molecule has 13 unspecified atom stereocenters. The highest BCUT2D eigenvalue weighted by molar-refractivity contribution is 5.98. The zero-order valence-electron chi connectivity index (χ0n) is 47.2. The highest BCUT2D eigenvalue weighted by Gasteiger charge is 2.38. The number of nitrogens with two attached hydrogens (primary N) is 3. The van der Waals surface area contributed by atoms with Crippen molar-refractivity contribution < 1.29 is 58.5 Å². The molecule has 8 amide bonds. The third kappa shape index (κ3) is 25.1. The minimum absolute atomic E-state index is 0.0215. The molecule has 0 aliphatic rings. The number of carbonyl (C=O) groups is 9. The van der Waals surface area contributed by atoms with Crippen LogP contribution in [-0.2, 0) is 49.6 Å². The van der Waals surface area contributed by atoms with Gasteiger partial charge in [0.1, 0.15) is 48.3 Å². The summed E-state index contributed by atoms with van der Waals surface area (Å²) in [5, 5.41) is 52.0. The van der Waals surface area contributed by atoms with Gasteiger partial charge in [-0.25, -0.2) is 4.79 Å². The summed E-state index contributed by atoms with van der Waals surface area (Å²) in [6.45, 7) is 20.2. The molecule has 17 N–H and O–H groups in total. The second kappa shape index (κ2) is 34.4. The fourth-order valence-electron chi connectivity index (χ4n) is 8.12. The van der Waals surface area contributed by atoms with Gasteiger partial charge in [0.15, 0.2) is 5.96 Å². The number of aliphatic hydroxyl groups is 2. The van der Waals surface area contributed by atoms with Gasteiger partial charge in [-0.05, 0) is 87.5 Å². The Morgan fingerprint density at radius 1 is 0.494 bits per heavy atom. The van der Waals surface area contributed by atoms with Crippen molar-refractivity contribution in [3.63, 3.8) is 0 Å². The summed E-state index contributed by atoms with van der Waals surface area (Å²) in [4.78, 5) is 127. The molecule has 0 heterocycles. The van der Waals surface area contributed by atoms with Crippen LogP contribution in [0, 0.1) is 29.6 Å². The second-order valence-electron chi connectivity index (χ2n) is 21.4. The number of hydrogen-bond donors (Lipinski definition) is 14. The van der Waals surface area contributed by atoms with Crippen LogP contribution in [0.1, 0.15) is 134 Å². The number of carboxylic acid groups (broad SMARTS) is 1. The molecule has 13 atom stereocenters. The molecule has 0 bridgehead atoms. The lowest BCUT2D eigenvalue weighted by atomic mass is 9.95. The van der Waals surface area contributed by atoms with Crippen molar-refractivity contribution >= 4 is 59.2 Å². The molecule has 0 fully saturated rings. The van der Waals surface area contributed by atoms with E-state index in [9.17, 15) is 58.5 Å². The predicted octanol–water partition coefficient (Wildman–Crippen LogP) is -0.435. The smallest absolute Gasteiger partial charge is 0.326 e. The Morgan fingerprint density at radius 2 is 0.844 bits per heavy atom. The molecular formula is C53H92N12O12. The number of guanidine groups is 1. The van der Waals surface area contributed by atoms with E-state index in [-0.39, 0.29) is 68.8 Å². The Kier molecular flexibility index (Phi) is 30.6. The molecule has 0 aliphatic heterocycles. The molecule has 0 saturated heterocycles. The van der Waals surface area contributed by atoms with Crippen LogP contribution in [-0.4, -0.2) is 148 Å². The lowest BCUT2D eigenvalue weighted by Gasteiger charge is -2.31.